The van der Waals surface area contributed by atoms with Crippen LogP contribution < -0.4 is 0 Å². The fourth-order valence-corrected chi connectivity index (χ4v) is 3.93. The minimum Gasteiger partial charge on any atom is -0.294 e. The normalized spacial score (nSPS) is 23.4. The Balaban J connectivity index is 1.76. The highest BCUT2D eigenvalue weighted by molar-refractivity contribution is 6.12. The minimum atomic E-state index is -4.85. The molecule has 1 aromatic carbocycles. The second kappa shape index (κ2) is 6.14. The van der Waals surface area contributed by atoms with Crippen molar-refractivity contribution < 1.29 is 27.2 Å². The van der Waals surface area contributed by atoms with Gasteiger partial charge < -0.3 is 0 Å². The number of hydrogen-bond donors (Lipinski definition) is 0. The van der Waals surface area contributed by atoms with E-state index in [9.17, 15) is 27.2 Å². The molecule has 2 aromatic rings. The lowest BCUT2D eigenvalue weighted by Crippen LogP contribution is -2.18. The molecule has 140 valence electrons. The van der Waals surface area contributed by atoms with Crippen LogP contribution in [0.25, 0.3) is 5.69 Å². The Morgan fingerprint density at radius 1 is 1.15 bits per heavy atom. The molecule has 2 aliphatic rings. The second-order valence-electron chi connectivity index (χ2n) is 6.83. The molecule has 2 fully saturated rings. The van der Waals surface area contributed by atoms with Gasteiger partial charge in [-0.25, -0.2) is 9.07 Å². The van der Waals surface area contributed by atoms with Crippen molar-refractivity contribution in [2.24, 2.45) is 11.8 Å². The van der Waals surface area contributed by atoms with E-state index in [-0.39, 0.29) is 23.3 Å². The highest BCUT2D eigenvalue weighted by atomic mass is 19.4. The Morgan fingerprint density at radius 2 is 1.81 bits per heavy atom. The van der Waals surface area contributed by atoms with Gasteiger partial charge in [-0.2, -0.15) is 18.3 Å². The van der Waals surface area contributed by atoms with Crippen LogP contribution in [0.3, 0.4) is 0 Å². The van der Waals surface area contributed by atoms with Gasteiger partial charge in [0.05, 0.1) is 17.4 Å². The maximum Gasteiger partial charge on any atom is 0.434 e. The van der Waals surface area contributed by atoms with E-state index in [1.54, 1.807) is 0 Å². The topological polar surface area (TPSA) is 52.0 Å². The molecule has 2 saturated carbocycles. The number of ketones is 2. The van der Waals surface area contributed by atoms with E-state index in [1.807, 2.05) is 0 Å². The number of benzene rings is 1. The monoisotopic (exact) mass is 378 g/mol. The molecule has 0 saturated heterocycles. The molecular formula is C19H14F4N2O2. The number of alkyl halides is 3. The number of aromatic nitrogens is 2. The van der Waals surface area contributed by atoms with E-state index >= 15 is 0 Å². The SMILES string of the molecule is O=C(/C=C1/C(=O)[C@H]2CC[C@@H]1C2)c1cnn(-c2ccc(F)cc2)c1C(F)(F)F. The van der Waals surface area contributed by atoms with E-state index in [1.165, 1.54) is 0 Å². The van der Waals surface area contributed by atoms with Gasteiger partial charge in [-0.05, 0) is 55.5 Å². The summed E-state index contributed by atoms with van der Waals surface area (Å²) in [4.78, 5) is 24.7. The smallest absolute Gasteiger partial charge is 0.294 e. The maximum atomic E-state index is 13.6. The van der Waals surface area contributed by atoms with Gasteiger partial charge in [-0.15, -0.1) is 0 Å². The van der Waals surface area contributed by atoms with Crippen LogP contribution in [0.2, 0.25) is 0 Å². The first-order valence-electron chi connectivity index (χ1n) is 8.47. The predicted octanol–water partition coefficient (Wildman–Crippen LogP) is 4.14. The van der Waals surface area contributed by atoms with E-state index in [2.05, 4.69) is 5.10 Å². The summed E-state index contributed by atoms with van der Waals surface area (Å²) in [6.45, 7) is 0. The first kappa shape index (κ1) is 17.6. The number of Topliss-reactive ketones (excluding diaryl/α,β-unsaturated/α-hetero) is 1. The van der Waals surface area contributed by atoms with Crippen LogP contribution in [0.1, 0.15) is 35.3 Å². The fraction of sp³-hybridized carbons (Fsp3) is 0.316. The molecule has 0 N–H and O–H groups in total. The van der Waals surface area contributed by atoms with Crippen molar-refractivity contribution in [3.63, 3.8) is 0 Å². The van der Waals surface area contributed by atoms with Crippen LogP contribution in [0.4, 0.5) is 17.6 Å². The van der Waals surface area contributed by atoms with Gasteiger partial charge >= 0.3 is 6.18 Å². The third-order valence-electron chi connectivity index (χ3n) is 5.19. The van der Waals surface area contributed by atoms with E-state index < -0.39 is 29.0 Å². The van der Waals surface area contributed by atoms with Crippen molar-refractivity contribution in [1.29, 1.82) is 0 Å². The van der Waals surface area contributed by atoms with Crippen LogP contribution in [0.5, 0.6) is 0 Å². The molecule has 0 unspecified atom stereocenters. The van der Waals surface area contributed by atoms with Gasteiger partial charge in [0.2, 0.25) is 0 Å². The average Bonchev–Trinajstić information content (AvgIpc) is 3.31. The number of allylic oxidation sites excluding steroid dienone is 2. The summed E-state index contributed by atoms with van der Waals surface area (Å²) < 4.78 is 54.5. The number of fused-ring (bicyclic) bond motifs is 2. The van der Waals surface area contributed by atoms with Crippen LogP contribution in [0.15, 0.2) is 42.1 Å². The van der Waals surface area contributed by atoms with Crippen molar-refractivity contribution in [2.45, 2.75) is 25.4 Å². The lowest BCUT2D eigenvalue weighted by atomic mass is 9.92. The molecule has 27 heavy (non-hydrogen) atoms. The zero-order chi connectivity index (χ0) is 19.3. The number of carbonyl (C=O) groups excluding carboxylic acids is 2. The molecule has 0 aliphatic heterocycles. The zero-order valence-corrected chi connectivity index (χ0v) is 14.0. The van der Waals surface area contributed by atoms with Crippen molar-refractivity contribution in [3.05, 3.63) is 59.2 Å². The number of halogens is 4. The van der Waals surface area contributed by atoms with Crippen molar-refractivity contribution in [2.75, 3.05) is 0 Å². The molecule has 0 spiro atoms. The minimum absolute atomic E-state index is 0.0218. The summed E-state index contributed by atoms with van der Waals surface area (Å²) in [5.74, 6) is -1.80. The Hall–Kier alpha value is -2.77. The molecule has 0 radical (unpaired) electrons. The number of carbonyl (C=O) groups is 2. The Kier molecular flexibility index (Phi) is 4.01. The van der Waals surface area contributed by atoms with Gasteiger partial charge in [0.1, 0.15) is 5.82 Å². The van der Waals surface area contributed by atoms with Gasteiger partial charge in [-0.3, -0.25) is 9.59 Å². The summed E-state index contributed by atoms with van der Waals surface area (Å²) in [7, 11) is 0. The van der Waals surface area contributed by atoms with Crippen LogP contribution in [-0.2, 0) is 11.0 Å². The molecule has 2 aliphatic carbocycles. The number of nitrogens with zero attached hydrogens (tertiary/aromatic N) is 2. The second-order valence-corrected chi connectivity index (χ2v) is 6.83. The van der Waals surface area contributed by atoms with Crippen molar-refractivity contribution >= 4 is 11.6 Å². The summed E-state index contributed by atoms with van der Waals surface area (Å²) in [5, 5.41) is 3.68. The third-order valence-corrected chi connectivity index (χ3v) is 5.19. The summed E-state index contributed by atoms with van der Waals surface area (Å²) in [5.41, 5.74) is -1.58. The quantitative estimate of drug-likeness (QED) is 0.458. The zero-order valence-electron chi connectivity index (χ0n) is 14.0. The molecule has 1 aromatic heterocycles. The summed E-state index contributed by atoms with van der Waals surface area (Å²) in [6, 6.07) is 4.30. The molecular weight excluding hydrogens is 364 g/mol. The highest BCUT2D eigenvalue weighted by Gasteiger charge is 2.44. The fourth-order valence-electron chi connectivity index (χ4n) is 3.93. The number of hydrogen-bond acceptors (Lipinski definition) is 3. The Bertz CT molecular complexity index is 957. The highest BCUT2D eigenvalue weighted by Crippen LogP contribution is 2.45. The standard InChI is InChI=1S/C19H14F4N2O2/c20-12-3-5-13(6-4-12)25-18(19(21,22)23)15(9-24-25)16(26)8-14-10-1-2-11(7-10)17(14)27/h3-6,8-11H,1-2,7H2/b14-8+/t10-,11+/m1/s1. The van der Waals surface area contributed by atoms with Gasteiger partial charge in [0.25, 0.3) is 0 Å². The molecule has 2 atom stereocenters. The van der Waals surface area contributed by atoms with Crippen LogP contribution >= 0.6 is 0 Å². The lowest BCUT2D eigenvalue weighted by Gasteiger charge is -2.13. The molecule has 2 bridgehead atoms. The third kappa shape index (κ3) is 2.98. The number of rotatable bonds is 3. The Morgan fingerprint density at radius 3 is 2.41 bits per heavy atom. The molecule has 1 heterocycles. The van der Waals surface area contributed by atoms with Crippen molar-refractivity contribution in [1.82, 2.24) is 9.78 Å². The van der Waals surface area contributed by atoms with Crippen LogP contribution in [0, 0.1) is 17.7 Å². The average molecular weight is 378 g/mol. The van der Waals surface area contributed by atoms with E-state index in [0.29, 0.717) is 16.7 Å². The molecule has 0 amide bonds. The van der Waals surface area contributed by atoms with Gasteiger partial charge in [0, 0.05) is 11.5 Å². The van der Waals surface area contributed by atoms with Crippen LogP contribution in [-0.4, -0.2) is 21.3 Å². The van der Waals surface area contributed by atoms with Crippen molar-refractivity contribution in [3.8, 4) is 5.69 Å². The van der Waals surface area contributed by atoms with E-state index in [4.69, 9.17) is 0 Å². The first-order chi connectivity index (χ1) is 12.8. The Labute approximate surface area is 151 Å². The molecule has 4 rings (SSSR count). The maximum absolute atomic E-state index is 13.6. The molecule has 4 nitrogen and oxygen atoms in total. The van der Waals surface area contributed by atoms with E-state index in [0.717, 1.165) is 49.4 Å². The molecule has 8 heteroatoms. The van der Waals surface area contributed by atoms with Gasteiger partial charge in [-0.1, -0.05) is 0 Å². The predicted molar refractivity (Wildman–Crippen MR) is 86.8 cm³/mol. The largest absolute Gasteiger partial charge is 0.434 e. The first-order valence-corrected chi connectivity index (χ1v) is 8.47. The van der Waals surface area contributed by atoms with Gasteiger partial charge in [0.15, 0.2) is 17.3 Å². The lowest BCUT2D eigenvalue weighted by molar-refractivity contribution is -0.143. The summed E-state index contributed by atoms with van der Waals surface area (Å²) >= 11 is 0. The summed E-state index contributed by atoms with van der Waals surface area (Å²) in [6.07, 6.45) is -0.773.